The third-order valence-electron chi connectivity index (χ3n) is 3.08. The molecule has 0 atom stereocenters. The smallest absolute Gasteiger partial charge is 0.161 e. The first-order chi connectivity index (χ1) is 9.79. The highest BCUT2D eigenvalue weighted by Gasteiger charge is 2.08. The van der Waals surface area contributed by atoms with Gasteiger partial charge in [0.15, 0.2) is 11.5 Å². The lowest BCUT2D eigenvalue weighted by atomic mass is 10.3. The predicted octanol–water partition coefficient (Wildman–Crippen LogP) is 2.50. The Bertz CT molecular complexity index is 737. The summed E-state index contributed by atoms with van der Waals surface area (Å²) in [6.45, 7) is 0.371. The average molecular weight is 269 g/mol. The third-order valence-corrected chi connectivity index (χ3v) is 3.08. The lowest BCUT2D eigenvalue weighted by molar-refractivity contribution is 0.280. The van der Waals surface area contributed by atoms with Crippen LogP contribution in [-0.4, -0.2) is 16.5 Å². The van der Waals surface area contributed by atoms with Crippen LogP contribution in [-0.2, 0) is 6.61 Å². The number of nitrogens with two attached hydrogens (primary N) is 1. The number of pyridine rings is 1. The number of nitrogen functional groups attached to an aromatic ring is 1. The van der Waals surface area contributed by atoms with Crippen LogP contribution in [0.3, 0.4) is 0 Å². The molecule has 0 aliphatic carbocycles. The Balaban J connectivity index is 1.87. The maximum absolute atomic E-state index is 5.97. The average Bonchev–Trinajstić information content (AvgIpc) is 2.90. The molecule has 1 aromatic carbocycles. The molecular weight excluding hydrogens is 254 g/mol. The van der Waals surface area contributed by atoms with E-state index in [-0.39, 0.29) is 0 Å². The summed E-state index contributed by atoms with van der Waals surface area (Å²) in [6, 6.07) is 13.1. The fraction of sp³-hybridized carbons (Fsp3) is 0.133. The number of benzene rings is 1. The zero-order chi connectivity index (χ0) is 13.9. The van der Waals surface area contributed by atoms with Crippen molar-refractivity contribution in [3.05, 3.63) is 54.4 Å². The van der Waals surface area contributed by atoms with Crippen LogP contribution in [0.1, 0.15) is 5.69 Å². The van der Waals surface area contributed by atoms with Gasteiger partial charge in [-0.25, -0.2) is 4.98 Å². The molecule has 0 radical (unpaired) electrons. The van der Waals surface area contributed by atoms with E-state index in [1.807, 2.05) is 46.9 Å². The number of methoxy groups -OCH3 is 1. The zero-order valence-electron chi connectivity index (χ0n) is 11.1. The highest BCUT2D eigenvalue weighted by Crippen LogP contribution is 2.26. The first kappa shape index (κ1) is 12.3. The molecular formula is C15H15N3O2. The van der Waals surface area contributed by atoms with E-state index in [1.165, 1.54) is 0 Å². The lowest BCUT2D eigenvalue weighted by Crippen LogP contribution is -2.04. The van der Waals surface area contributed by atoms with Gasteiger partial charge in [-0.3, -0.25) is 4.40 Å². The molecule has 2 heterocycles. The Morgan fingerprint density at radius 2 is 1.90 bits per heavy atom. The zero-order valence-corrected chi connectivity index (χ0v) is 11.1. The molecule has 0 aliphatic heterocycles. The molecule has 0 fully saturated rings. The van der Waals surface area contributed by atoms with E-state index in [1.54, 1.807) is 13.3 Å². The van der Waals surface area contributed by atoms with Gasteiger partial charge in [-0.05, 0) is 24.3 Å². The molecule has 0 amide bonds. The minimum absolute atomic E-state index is 0.371. The second-order valence-corrected chi connectivity index (χ2v) is 4.33. The highest BCUT2D eigenvalue weighted by molar-refractivity contribution is 5.49. The van der Waals surface area contributed by atoms with Crippen molar-refractivity contribution >= 4 is 11.5 Å². The highest BCUT2D eigenvalue weighted by atomic mass is 16.5. The van der Waals surface area contributed by atoms with E-state index in [0.717, 1.165) is 11.3 Å². The monoisotopic (exact) mass is 269 g/mol. The van der Waals surface area contributed by atoms with Crippen LogP contribution in [0.25, 0.3) is 5.65 Å². The molecule has 0 bridgehead atoms. The van der Waals surface area contributed by atoms with Crippen LogP contribution in [0, 0.1) is 0 Å². The van der Waals surface area contributed by atoms with Crippen LogP contribution >= 0.6 is 0 Å². The summed E-state index contributed by atoms with van der Waals surface area (Å²) in [7, 11) is 1.62. The van der Waals surface area contributed by atoms with Gasteiger partial charge in [-0.1, -0.05) is 18.2 Å². The van der Waals surface area contributed by atoms with E-state index < -0.39 is 0 Å². The third kappa shape index (κ3) is 2.14. The maximum Gasteiger partial charge on any atom is 0.161 e. The van der Waals surface area contributed by atoms with Crippen molar-refractivity contribution in [2.75, 3.05) is 12.8 Å². The van der Waals surface area contributed by atoms with Gasteiger partial charge >= 0.3 is 0 Å². The Hall–Kier alpha value is -2.69. The second kappa shape index (κ2) is 5.13. The molecule has 0 saturated heterocycles. The minimum Gasteiger partial charge on any atom is -0.493 e. The van der Waals surface area contributed by atoms with Crippen LogP contribution in [0.15, 0.2) is 48.7 Å². The first-order valence-electron chi connectivity index (χ1n) is 6.26. The van der Waals surface area contributed by atoms with Crippen LogP contribution in [0.5, 0.6) is 11.5 Å². The van der Waals surface area contributed by atoms with Gasteiger partial charge in [0, 0.05) is 0 Å². The molecule has 0 unspecified atom stereocenters. The van der Waals surface area contributed by atoms with Crippen molar-refractivity contribution in [1.29, 1.82) is 0 Å². The number of imidazole rings is 1. The number of anilines is 1. The van der Waals surface area contributed by atoms with E-state index in [0.29, 0.717) is 23.9 Å². The van der Waals surface area contributed by atoms with Gasteiger partial charge < -0.3 is 15.2 Å². The van der Waals surface area contributed by atoms with E-state index >= 15 is 0 Å². The molecule has 20 heavy (non-hydrogen) atoms. The maximum atomic E-state index is 5.97. The minimum atomic E-state index is 0.371. The van der Waals surface area contributed by atoms with Crippen LogP contribution < -0.4 is 15.2 Å². The Labute approximate surface area is 116 Å². The molecule has 0 saturated carbocycles. The number of rotatable bonds is 4. The lowest BCUT2D eigenvalue weighted by Gasteiger charge is -2.10. The Morgan fingerprint density at radius 3 is 2.70 bits per heavy atom. The number of hydrogen-bond donors (Lipinski definition) is 1. The quantitative estimate of drug-likeness (QED) is 0.790. The van der Waals surface area contributed by atoms with Crippen molar-refractivity contribution in [2.24, 2.45) is 0 Å². The Morgan fingerprint density at radius 1 is 1.10 bits per heavy atom. The number of hydrogen-bond acceptors (Lipinski definition) is 4. The van der Waals surface area contributed by atoms with Crippen molar-refractivity contribution < 1.29 is 9.47 Å². The van der Waals surface area contributed by atoms with Crippen molar-refractivity contribution in [2.45, 2.75) is 6.61 Å². The van der Waals surface area contributed by atoms with E-state index in [4.69, 9.17) is 15.2 Å². The van der Waals surface area contributed by atoms with Gasteiger partial charge in [-0.2, -0.15) is 0 Å². The van der Waals surface area contributed by atoms with Crippen molar-refractivity contribution in [3.8, 4) is 11.5 Å². The second-order valence-electron chi connectivity index (χ2n) is 4.33. The molecule has 0 spiro atoms. The largest absolute Gasteiger partial charge is 0.493 e. The predicted molar refractivity (Wildman–Crippen MR) is 76.9 cm³/mol. The van der Waals surface area contributed by atoms with E-state index in [9.17, 15) is 0 Å². The normalized spacial score (nSPS) is 10.7. The first-order valence-corrected chi connectivity index (χ1v) is 6.26. The molecule has 5 heteroatoms. The molecule has 2 N–H and O–H groups in total. The topological polar surface area (TPSA) is 61.8 Å². The molecule has 3 rings (SSSR count). The number of para-hydroxylation sites is 2. The number of nitrogens with zero attached hydrogens (tertiary/aromatic N) is 2. The van der Waals surface area contributed by atoms with Crippen molar-refractivity contribution in [1.82, 2.24) is 9.38 Å². The van der Waals surface area contributed by atoms with Crippen LogP contribution in [0.4, 0.5) is 5.82 Å². The van der Waals surface area contributed by atoms with E-state index in [2.05, 4.69) is 4.98 Å². The standard InChI is InChI=1S/C15H15N3O2/c1-19-12-5-2-3-6-13(12)20-10-11-9-17-15-8-4-7-14(16)18(11)15/h2-9H,10,16H2,1H3. The number of fused-ring (bicyclic) bond motifs is 1. The van der Waals surface area contributed by atoms with Gasteiger partial charge in [-0.15, -0.1) is 0 Å². The number of ether oxygens (including phenoxy) is 2. The van der Waals surface area contributed by atoms with Gasteiger partial charge in [0.25, 0.3) is 0 Å². The molecule has 3 aromatic rings. The van der Waals surface area contributed by atoms with Crippen molar-refractivity contribution in [3.63, 3.8) is 0 Å². The Kier molecular flexibility index (Phi) is 3.16. The summed E-state index contributed by atoms with van der Waals surface area (Å²) in [5, 5.41) is 0. The molecule has 2 aromatic heterocycles. The van der Waals surface area contributed by atoms with Gasteiger partial charge in [0.05, 0.1) is 19.0 Å². The summed E-state index contributed by atoms with van der Waals surface area (Å²) >= 11 is 0. The summed E-state index contributed by atoms with van der Waals surface area (Å²) in [5.74, 6) is 2.03. The fourth-order valence-electron chi connectivity index (χ4n) is 2.12. The SMILES string of the molecule is COc1ccccc1OCc1cnc2cccc(N)n12. The fourth-order valence-corrected chi connectivity index (χ4v) is 2.12. The molecule has 0 aliphatic rings. The summed E-state index contributed by atoms with van der Waals surface area (Å²) in [4.78, 5) is 4.31. The summed E-state index contributed by atoms with van der Waals surface area (Å²) in [5.41, 5.74) is 7.67. The van der Waals surface area contributed by atoms with Crippen LogP contribution in [0.2, 0.25) is 0 Å². The van der Waals surface area contributed by atoms with Gasteiger partial charge in [0.2, 0.25) is 0 Å². The van der Waals surface area contributed by atoms with Gasteiger partial charge in [0.1, 0.15) is 18.1 Å². The molecule has 102 valence electrons. The summed E-state index contributed by atoms with van der Waals surface area (Å²) in [6.07, 6.45) is 1.76. The molecule has 5 nitrogen and oxygen atoms in total. The number of aromatic nitrogens is 2. The summed E-state index contributed by atoms with van der Waals surface area (Å²) < 4.78 is 12.9.